The topological polar surface area (TPSA) is 56.0 Å². The zero-order chi connectivity index (χ0) is 14.6. The molecular weight excluding hydrogens is 252 g/mol. The number of rotatable bonds is 5. The molecule has 1 aliphatic heterocycles. The fraction of sp³-hybridized carbons (Fsp3) is 1.00. The molecule has 118 valence electrons. The molecule has 1 saturated carbocycles. The van der Waals surface area contributed by atoms with Crippen LogP contribution in [0.4, 0.5) is 0 Å². The van der Waals surface area contributed by atoms with Crippen LogP contribution >= 0.6 is 0 Å². The highest BCUT2D eigenvalue weighted by atomic mass is 16.3. The monoisotopic (exact) mass is 284 g/mol. The number of hydrogen-bond acceptors (Lipinski definition) is 5. The van der Waals surface area contributed by atoms with Gasteiger partial charge in [0.15, 0.2) is 0 Å². The van der Waals surface area contributed by atoms with Crippen molar-refractivity contribution in [2.75, 3.05) is 60.0 Å². The second-order valence-corrected chi connectivity index (χ2v) is 6.95. The largest absolute Gasteiger partial charge is 0.394 e. The van der Waals surface area contributed by atoms with Crippen LogP contribution < -0.4 is 5.73 Å². The molecule has 2 rings (SSSR count). The van der Waals surface area contributed by atoms with Crippen LogP contribution in [-0.4, -0.2) is 91.4 Å². The van der Waals surface area contributed by atoms with E-state index in [1.54, 1.807) is 0 Å². The SMILES string of the molecule is CN(C)CCN1CCN(C2CCCC(N)(CO)C2)CC1. The van der Waals surface area contributed by atoms with E-state index in [4.69, 9.17) is 5.73 Å². The Hall–Kier alpha value is -0.200. The van der Waals surface area contributed by atoms with Crippen molar-refractivity contribution in [1.29, 1.82) is 0 Å². The molecule has 1 saturated heterocycles. The van der Waals surface area contributed by atoms with E-state index in [1.165, 1.54) is 26.1 Å². The minimum atomic E-state index is -0.328. The lowest BCUT2D eigenvalue weighted by molar-refractivity contribution is 0.0440. The van der Waals surface area contributed by atoms with E-state index >= 15 is 0 Å². The van der Waals surface area contributed by atoms with Gasteiger partial charge in [-0.1, -0.05) is 0 Å². The van der Waals surface area contributed by atoms with Crippen LogP contribution in [0.2, 0.25) is 0 Å². The van der Waals surface area contributed by atoms with E-state index in [2.05, 4.69) is 28.8 Å². The summed E-state index contributed by atoms with van der Waals surface area (Å²) in [6, 6.07) is 0.580. The molecule has 5 heteroatoms. The van der Waals surface area contributed by atoms with Crippen molar-refractivity contribution < 1.29 is 5.11 Å². The molecule has 1 heterocycles. The summed E-state index contributed by atoms with van der Waals surface area (Å²) in [7, 11) is 4.27. The predicted octanol–water partition coefficient (Wildman–Crippen LogP) is -0.202. The molecule has 0 aromatic rings. The maximum atomic E-state index is 9.47. The molecule has 0 amide bonds. The summed E-state index contributed by atoms with van der Waals surface area (Å²) in [6.45, 7) is 7.08. The van der Waals surface area contributed by atoms with E-state index < -0.39 is 0 Å². The fourth-order valence-corrected chi connectivity index (χ4v) is 3.51. The Kier molecular flexibility index (Phi) is 5.81. The van der Waals surface area contributed by atoms with Gasteiger partial charge < -0.3 is 15.7 Å². The molecule has 2 atom stereocenters. The summed E-state index contributed by atoms with van der Waals surface area (Å²) in [6.07, 6.45) is 4.34. The molecule has 0 spiro atoms. The average molecular weight is 284 g/mol. The summed E-state index contributed by atoms with van der Waals surface area (Å²) in [5.41, 5.74) is 5.94. The Morgan fingerprint density at radius 1 is 1.25 bits per heavy atom. The van der Waals surface area contributed by atoms with Crippen molar-refractivity contribution in [2.24, 2.45) is 5.73 Å². The summed E-state index contributed by atoms with van der Waals surface area (Å²) < 4.78 is 0. The van der Waals surface area contributed by atoms with Crippen molar-refractivity contribution >= 4 is 0 Å². The van der Waals surface area contributed by atoms with Gasteiger partial charge in [-0.3, -0.25) is 9.80 Å². The Bertz CT molecular complexity index is 292. The van der Waals surface area contributed by atoms with Crippen molar-refractivity contribution in [3.63, 3.8) is 0 Å². The van der Waals surface area contributed by atoms with Gasteiger partial charge in [0.25, 0.3) is 0 Å². The van der Waals surface area contributed by atoms with Crippen LogP contribution in [0.15, 0.2) is 0 Å². The van der Waals surface area contributed by atoms with Gasteiger partial charge >= 0.3 is 0 Å². The second-order valence-electron chi connectivity index (χ2n) is 6.95. The quantitative estimate of drug-likeness (QED) is 0.732. The predicted molar refractivity (Wildman–Crippen MR) is 82.8 cm³/mol. The first-order valence-corrected chi connectivity index (χ1v) is 8.03. The molecule has 20 heavy (non-hydrogen) atoms. The standard InChI is InChI=1S/C15H32N4O/c1-17(2)6-7-18-8-10-19(11-9-18)14-4-3-5-15(16,12-14)13-20/h14,20H,3-13,16H2,1-2H3. The second kappa shape index (κ2) is 7.18. The maximum Gasteiger partial charge on any atom is 0.0611 e. The molecule has 0 aromatic heterocycles. The number of aliphatic hydroxyl groups is 1. The minimum Gasteiger partial charge on any atom is -0.394 e. The Balaban J connectivity index is 1.76. The maximum absolute atomic E-state index is 9.47. The Morgan fingerprint density at radius 2 is 1.95 bits per heavy atom. The van der Waals surface area contributed by atoms with Crippen molar-refractivity contribution in [3.8, 4) is 0 Å². The molecule has 0 bridgehead atoms. The minimum absolute atomic E-state index is 0.131. The van der Waals surface area contributed by atoms with Crippen LogP contribution in [-0.2, 0) is 0 Å². The highest BCUT2D eigenvalue weighted by Gasteiger charge is 2.35. The van der Waals surface area contributed by atoms with Crippen molar-refractivity contribution in [2.45, 2.75) is 37.3 Å². The fourth-order valence-electron chi connectivity index (χ4n) is 3.51. The number of nitrogens with zero attached hydrogens (tertiary/aromatic N) is 3. The molecule has 2 aliphatic rings. The molecule has 2 fully saturated rings. The number of piperazine rings is 1. The van der Waals surface area contributed by atoms with Gasteiger partial charge in [-0.05, 0) is 39.8 Å². The highest BCUT2D eigenvalue weighted by molar-refractivity contribution is 4.94. The third kappa shape index (κ3) is 4.40. The molecule has 0 aromatic carbocycles. The first-order chi connectivity index (χ1) is 9.52. The van der Waals surface area contributed by atoms with Gasteiger partial charge in [0, 0.05) is 50.8 Å². The summed E-state index contributed by atoms with van der Waals surface area (Å²) in [4.78, 5) is 7.40. The number of likely N-dealkylation sites (N-methyl/N-ethyl adjacent to an activating group) is 1. The van der Waals surface area contributed by atoms with Gasteiger partial charge in [0.2, 0.25) is 0 Å². The van der Waals surface area contributed by atoms with E-state index in [-0.39, 0.29) is 12.1 Å². The first kappa shape index (κ1) is 16.2. The van der Waals surface area contributed by atoms with Crippen molar-refractivity contribution in [3.05, 3.63) is 0 Å². The summed E-state index contributed by atoms with van der Waals surface area (Å²) in [5, 5.41) is 9.47. The van der Waals surface area contributed by atoms with Gasteiger partial charge in [-0.25, -0.2) is 0 Å². The number of hydrogen-bond donors (Lipinski definition) is 2. The Morgan fingerprint density at radius 3 is 2.55 bits per heavy atom. The van der Waals surface area contributed by atoms with Crippen LogP contribution in [0.3, 0.4) is 0 Å². The van der Waals surface area contributed by atoms with E-state index in [0.29, 0.717) is 6.04 Å². The average Bonchev–Trinajstić information content (AvgIpc) is 2.46. The van der Waals surface area contributed by atoms with E-state index in [1.807, 2.05) is 0 Å². The lowest BCUT2D eigenvalue weighted by atomic mass is 9.79. The molecule has 2 unspecified atom stereocenters. The Labute approximate surface area is 123 Å². The van der Waals surface area contributed by atoms with Crippen LogP contribution in [0.25, 0.3) is 0 Å². The van der Waals surface area contributed by atoms with Gasteiger partial charge in [-0.2, -0.15) is 0 Å². The lowest BCUT2D eigenvalue weighted by Crippen LogP contribution is -2.57. The molecule has 3 N–H and O–H groups in total. The van der Waals surface area contributed by atoms with E-state index in [9.17, 15) is 5.11 Å². The van der Waals surface area contributed by atoms with E-state index in [0.717, 1.165) is 38.9 Å². The summed E-state index contributed by atoms with van der Waals surface area (Å²) in [5.74, 6) is 0. The molecule has 1 aliphatic carbocycles. The van der Waals surface area contributed by atoms with Crippen LogP contribution in [0, 0.1) is 0 Å². The number of nitrogens with two attached hydrogens (primary N) is 1. The lowest BCUT2D eigenvalue weighted by Gasteiger charge is -2.45. The molecule has 0 radical (unpaired) electrons. The van der Waals surface area contributed by atoms with Gasteiger partial charge in [0.1, 0.15) is 0 Å². The van der Waals surface area contributed by atoms with Crippen molar-refractivity contribution in [1.82, 2.24) is 14.7 Å². The number of aliphatic hydroxyl groups excluding tert-OH is 1. The normalized spacial score (nSPS) is 33.8. The highest BCUT2D eigenvalue weighted by Crippen LogP contribution is 2.29. The molecular formula is C15H32N4O. The summed E-state index contributed by atoms with van der Waals surface area (Å²) >= 11 is 0. The van der Waals surface area contributed by atoms with Gasteiger partial charge in [-0.15, -0.1) is 0 Å². The first-order valence-electron chi connectivity index (χ1n) is 8.03. The van der Waals surface area contributed by atoms with Crippen LogP contribution in [0.5, 0.6) is 0 Å². The zero-order valence-corrected chi connectivity index (χ0v) is 13.2. The smallest absolute Gasteiger partial charge is 0.0611 e. The zero-order valence-electron chi connectivity index (χ0n) is 13.2. The van der Waals surface area contributed by atoms with Crippen LogP contribution in [0.1, 0.15) is 25.7 Å². The van der Waals surface area contributed by atoms with Gasteiger partial charge in [0.05, 0.1) is 6.61 Å². The molecule has 5 nitrogen and oxygen atoms in total. The third-order valence-corrected chi connectivity index (χ3v) is 4.96. The third-order valence-electron chi connectivity index (χ3n) is 4.96.